The lowest BCUT2D eigenvalue weighted by Crippen LogP contribution is -2.46. The average Bonchev–Trinajstić information content (AvgIpc) is 2.49. The molecule has 0 aliphatic heterocycles. The first kappa shape index (κ1) is 17.2. The number of nitrogens with zero attached hydrogens (tertiary/aromatic N) is 1. The van der Waals surface area contributed by atoms with Crippen LogP contribution in [0.3, 0.4) is 0 Å². The van der Waals surface area contributed by atoms with E-state index in [-0.39, 0.29) is 30.6 Å². The zero-order chi connectivity index (χ0) is 15.8. The fourth-order valence-corrected chi connectivity index (χ4v) is 1.65. The highest BCUT2D eigenvalue weighted by Gasteiger charge is 2.16. The van der Waals surface area contributed by atoms with Gasteiger partial charge in [-0.2, -0.15) is 0 Å². The molecule has 0 aromatic heterocycles. The van der Waals surface area contributed by atoms with Gasteiger partial charge in [0.2, 0.25) is 0 Å². The average molecular weight is 298 g/mol. The molecule has 0 saturated carbocycles. The maximum atomic E-state index is 13.1. The first-order chi connectivity index (χ1) is 9.97. The molecule has 0 radical (unpaired) electrons. The van der Waals surface area contributed by atoms with Crippen LogP contribution >= 0.6 is 0 Å². The van der Waals surface area contributed by atoms with Crippen LogP contribution in [0.25, 0.3) is 0 Å². The van der Waals surface area contributed by atoms with E-state index in [0.29, 0.717) is 18.7 Å². The third-order valence-corrected chi connectivity index (χ3v) is 3.28. The Morgan fingerprint density at radius 3 is 2.81 bits per heavy atom. The second kappa shape index (κ2) is 8.46. The molecule has 0 aliphatic rings. The van der Waals surface area contributed by atoms with Crippen molar-refractivity contribution in [2.75, 3.05) is 20.2 Å². The lowest BCUT2D eigenvalue weighted by Gasteiger charge is -2.25. The SMILES string of the molecule is CCC(CNC(=O)N(C)C(C)CO)Oc1cccc(F)c1. The van der Waals surface area contributed by atoms with E-state index in [9.17, 15) is 9.18 Å². The maximum absolute atomic E-state index is 13.1. The molecule has 2 amide bonds. The van der Waals surface area contributed by atoms with E-state index in [1.54, 1.807) is 26.1 Å². The van der Waals surface area contributed by atoms with Crippen molar-refractivity contribution in [2.45, 2.75) is 32.4 Å². The molecule has 0 aliphatic carbocycles. The molecule has 5 nitrogen and oxygen atoms in total. The van der Waals surface area contributed by atoms with Crippen molar-refractivity contribution in [2.24, 2.45) is 0 Å². The Balaban J connectivity index is 2.49. The predicted octanol–water partition coefficient (Wildman–Crippen LogP) is 2.01. The predicted molar refractivity (Wildman–Crippen MR) is 78.8 cm³/mol. The van der Waals surface area contributed by atoms with E-state index >= 15 is 0 Å². The Labute approximate surface area is 124 Å². The van der Waals surface area contributed by atoms with E-state index in [1.807, 2.05) is 6.92 Å². The van der Waals surface area contributed by atoms with E-state index in [1.165, 1.54) is 17.0 Å². The van der Waals surface area contributed by atoms with Crippen molar-refractivity contribution >= 4 is 6.03 Å². The van der Waals surface area contributed by atoms with E-state index in [0.717, 1.165) is 0 Å². The quantitative estimate of drug-likeness (QED) is 0.809. The number of hydrogen-bond acceptors (Lipinski definition) is 3. The number of aliphatic hydroxyl groups excluding tert-OH is 1. The van der Waals surface area contributed by atoms with Gasteiger partial charge >= 0.3 is 6.03 Å². The molecule has 2 N–H and O–H groups in total. The molecule has 1 rings (SSSR count). The van der Waals surface area contributed by atoms with Crippen molar-refractivity contribution in [3.05, 3.63) is 30.1 Å². The second-order valence-electron chi connectivity index (χ2n) is 4.93. The van der Waals surface area contributed by atoms with Gasteiger partial charge in [0.15, 0.2) is 0 Å². The second-order valence-corrected chi connectivity index (χ2v) is 4.93. The highest BCUT2D eigenvalue weighted by Crippen LogP contribution is 2.14. The van der Waals surface area contributed by atoms with Crippen molar-refractivity contribution < 1.29 is 19.0 Å². The van der Waals surface area contributed by atoms with Crippen molar-refractivity contribution in [3.63, 3.8) is 0 Å². The number of rotatable bonds is 7. The first-order valence-electron chi connectivity index (χ1n) is 7.01. The van der Waals surface area contributed by atoms with Crippen LogP contribution in [0.1, 0.15) is 20.3 Å². The number of hydrogen-bond donors (Lipinski definition) is 2. The Hall–Kier alpha value is -1.82. The van der Waals surface area contributed by atoms with Crippen LogP contribution in [0, 0.1) is 5.82 Å². The molecule has 21 heavy (non-hydrogen) atoms. The van der Waals surface area contributed by atoms with Crippen molar-refractivity contribution in [3.8, 4) is 5.75 Å². The normalized spacial score (nSPS) is 13.4. The summed E-state index contributed by atoms with van der Waals surface area (Å²) in [5.74, 6) is 0.0797. The summed E-state index contributed by atoms with van der Waals surface area (Å²) in [6.45, 7) is 3.89. The molecular weight excluding hydrogens is 275 g/mol. The fourth-order valence-electron chi connectivity index (χ4n) is 1.65. The number of likely N-dealkylation sites (N-methyl/N-ethyl adjacent to an activating group) is 1. The Morgan fingerprint density at radius 1 is 1.52 bits per heavy atom. The third kappa shape index (κ3) is 5.59. The van der Waals surface area contributed by atoms with Gasteiger partial charge in [-0.3, -0.25) is 0 Å². The minimum atomic E-state index is -0.358. The van der Waals surface area contributed by atoms with Gasteiger partial charge in [0, 0.05) is 13.1 Å². The van der Waals surface area contributed by atoms with Gasteiger partial charge in [-0.05, 0) is 25.5 Å². The van der Waals surface area contributed by atoms with Gasteiger partial charge in [-0.15, -0.1) is 0 Å². The number of halogens is 1. The van der Waals surface area contributed by atoms with E-state index in [2.05, 4.69) is 5.32 Å². The number of benzene rings is 1. The molecule has 0 saturated heterocycles. The molecule has 118 valence electrons. The first-order valence-corrected chi connectivity index (χ1v) is 7.01. The lowest BCUT2D eigenvalue weighted by molar-refractivity contribution is 0.148. The zero-order valence-corrected chi connectivity index (χ0v) is 12.7. The van der Waals surface area contributed by atoms with Gasteiger partial charge in [-0.1, -0.05) is 13.0 Å². The Bertz CT molecular complexity index is 456. The summed E-state index contributed by atoms with van der Waals surface area (Å²) < 4.78 is 18.7. The highest BCUT2D eigenvalue weighted by atomic mass is 19.1. The van der Waals surface area contributed by atoms with Crippen LogP contribution < -0.4 is 10.1 Å². The fraction of sp³-hybridized carbons (Fsp3) is 0.533. The van der Waals surface area contributed by atoms with Gasteiger partial charge in [0.1, 0.15) is 17.7 Å². The van der Waals surface area contributed by atoms with Crippen LogP contribution in [0.15, 0.2) is 24.3 Å². The smallest absolute Gasteiger partial charge is 0.317 e. The molecule has 0 heterocycles. The molecule has 2 unspecified atom stereocenters. The molecule has 1 aromatic carbocycles. The standard InChI is InChI=1S/C15H23FN2O3/c1-4-13(21-14-7-5-6-12(16)8-14)9-17-15(20)18(3)11(2)10-19/h5-8,11,13,19H,4,9-10H2,1-3H3,(H,17,20). The summed E-state index contributed by atoms with van der Waals surface area (Å²) in [7, 11) is 1.62. The van der Waals surface area contributed by atoms with Gasteiger partial charge < -0.3 is 20.1 Å². The maximum Gasteiger partial charge on any atom is 0.317 e. The summed E-state index contributed by atoms with van der Waals surface area (Å²) in [6.07, 6.45) is 0.435. The lowest BCUT2D eigenvalue weighted by atomic mass is 10.2. The minimum absolute atomic E-state index is 0.0963. The Kier molecular flexibility index (Phi) is 6.94. The number of ether oxygens (including phenoxy) is 1. The number of carbonyl (C=O) groups is 1. The summed E-state index contributed by atoms with van der Waals surface area (Å²) in [5, 5.41) is 11.8. The van der Waals surface area contributed by atoms with Gasteiger partial charge in [0.05, 0.1) is 19.2 Å². The number of nitrogens with one attached hydrogen (secondary N) is 1. The summed E-state index contributed by atoms with van der Waals surface area (Å²) >= 11 is 0. The van der Waals surface area contributed by atoms with Crippen LogP contribution in [-0.2, 0) is 0 Å². The number of aliphatic hydroxyl groups is 1. The number of urea groups is 1. The third-order valence-electron chi connectivity index (χ3n) is 3.28. The van der Waals surface area contributed by atoms with E-state index in [4.69, 9.17) is 9.84 Å². The monoisotopic (exact) mass is 298 g/mol. The largest absolute Gasteiger partial charge is 0.489 e. The summed E-state index contributed by atoms with van der Waals surface area (Å²) in [6, 6.07) is 5.37. The molecule has 0 bridgehead atoms. The molecule has 0 spiro atoms. The molecule has 1 aromatic rings. The molecular formula is C15H23FN2O3. The van der Waals surface area contributed by atoms with Gasteiger partial charge in [0.25, 0.3) is 0 Å². The molecule has 2 atom stereocenters. The van der Waals surface area contributed by atoms with Crippen LogP contribution in [0.2, 0.25) is 0 Å². The van der Waals surface area contributed by atoms with Crippen LogP contribution in [0.4, 0.5) is 9.18 Å². The Morgan fingerprint density at radius 2 is 2.24 bits per heavy atom. The number of carbonyl (C=O) groups excluding carboxylic acids is 1. The highest BCUT2D eigenvalue weighted by molar-refractivity contribution is 5.74. The molecule has 6 heteroatoms. The van der Waals surface area contributed by atoms with Gasteiger partial charge in [-0.25, -0.2) is 9.18 Å². The summed E-state index contributed by atoms with van der Waals surface area (Å²) in [5.41, 5.74) is 0. The van der Waals surface area contributed by atoms with E-state index < -0.39 is 0 Å². The summed E-state index contributed by atoms with van der Waals surface area (Å²) in [4.78, 5) is 13.3. The van der Waals surface area contributed by atoms with Crippen LogP contribution in [-0.4, -0.2) is 48.4 Å². The minimum Gasteiger partial charge on any atom is -0.489 e. The topological polar surface area (TPSA) is 61.8 Å². The van der Waals surface area contributed by atoms with Crippen molar-refractivity contribution in [1.29, 1.82) is 0 Å². The zero-order valence-electron chi connectivity index (χ0n) is 12.7. The van der Waals surface area contributed by atoms with Crippen molar-refractivity contribution in [1.82, 2.24) is 10.2 Å². The number of amides is 2. The molecule has 0 fully saturated rings. The van der Waals surface area contributed by atoms with Crippen LogP contribution in [0.5, 0.6) is 5.75 Å².